The highest BCUT2D eigenvalue weighted by Crippen LogP contribution is 2.18. The van der Waals surface area contributed by atoms with Gasteiger partial charge in [0.25, 0.3) is 5.91 Å². The third kappa shape index (κ3) is 4.69. The van der Waals surface area contributed by atoms with E-state index < -0.39 is 0 Å². The van der Waals surface area contributed by atoms with Crippen LogP contribution < -0.4 is 5.32 Å². The first-order valence-electron chi connectivity index (χ1n) is 9.99. The van der Waals surface area contributed by atoms with E-state index in [2.05, 4.69) is 39.6 Å². The Hall–Kier alpha value is -2.63. The first kappa shape index (κ1) is 19.7. The quantitative estimate of drug-likeness (QED) is 0.659. The molecule has 0 saturated carbocycles. The predicted molar refractivity (Wildman–Crippen MR) is 115 cm³/mol. The lowest BCUT2D eigenvalue weighted by atomic mass is 10.1. The molecule has 1 aromatic heterocycles. The Kier molecular flexibility index (Phi) is 5.97. The maximum atomic E-state index is 12.7. The van der Waals surface area contributed by atoms with Crippen LogP contribution in [0.25, 0.3) is 5.69 Å². The second-order valence-corrected chi connectivity index (χ2v) is 7.95. The van der Waals surface area contributed by atoms with Gasteiger partial charge in [0.05, 0.1) is 23.1 Å². The molecule has 0 aliphatic carbocycles. The number of carbonyl (C=O) groups is 1. The van der Waals surface area contributed by atoms with Gasteiger partial charge in [-0.1, -0.05) is 41.9 Å². The molecule has 1 N–H and O–H groups in total. The van der Waals surface area contributed by atoms with E-state index in [0.29, 0.717) is 17.1 Å². The normalized spacial score (nSPS) is 14.3. The molecule has 0 atom stereocenters. The standard InChI is InChI=1S/C23H25ClN4O/c1-17-22(15-26-28(17)21-6-4-5-20(24)13-21)23(29)25-14-18-7-9-19(10-8-18)16-27-11-2-3-12-27/h4-10,13,15H,2-3,11-12,14,16H2,1H3,(H,25,29). The fraction of sp³-hybridized carbons (Fsp3) is 0.304. The number of nitrogens with one attached hydrogen (secondary N) is 1. The first-order chi connectivity index (χ1) is 14.1. The summed E-state index contributed by atoms with van der Waals surface area (Å²) < 4.78 is 1.73. The number of aromatic nitrogens is 2. The number of nitrogens with zero attached hydrogens (tertiary/aromatic N) is 3. The number of amides is 1. The number of rotatable bonds is 6. The minimum Gasteiger partial charge on any atom is -0.348 e. The molecule has 0 unspecified atom stereocenters. The Morgan fingerprint density at radius 1 is 1.10 bits per heavy atom. The summed E-state index contributed by atoms with van der Waals surface area (Å²) in [5, 5.41) is 7.99. The van der Waals surface area contributed by atoms with Crippen LogP contribution in [0.3, 0.4) is 0 Å². The maximum Gasteiger partial charge on any atom is 0.255 e. The van der Waals surface area contributed by atoms with E-state index in [1.807, 2.05) is 31.2 Å². The summed E-state index contributed by atoms with van der Waals surface area (Å²) in [6, 6.07) is 15.9. The van der Waals surface area contributed by atoms with Crippen LogP contribution in [0.5, 0.6) is 0 Å². The van der Waals surface area contributed by atoms with Crippen molar-refractivity contribution in [1.82, 2.24) is 20.0 Å². The lowest BCUT2D eigenvalue weighted by Crippen LogP contribution is -2.23. The SMILES string of the molecule is Cc1c(C(=O)NCc2ccc(CN3CCCC3)cc2)cnn1-c1cccc(Cl)c1. The summed E-state index contributed by atoms with van der Waals surface area (Å²) in [5.74, 6) is -0.128. The Morgan fingerprint density at radius 3 is 2.55 bits per heavy atom. The molecule has 4 rings (SSSR count). The molecule has 5 nitrogen and oxygen atoms in total. The van der Waals surface area contributed by atoms with Crippen LogP contribution in [-0.4, -0.2) is 33.7 Å². The van der Waals surface area contributed by atoms with Gasteiger partial charge in [-0.2, -0.15) is 5.10 Å². The maximum absolute atomic E-state index is 12.7. The van der Waals surface area contributed by atoms with Crippen LogP contribution in [-0.2, 0) is 13.1 Å². The molecule has 1 amide bonds. The Bertz CT molecular complexity index is 990. The summed E-state index contributed by atoms with van der Waals surface area (Å²) in [4.78, 5) is 15.1. The van der Waals surface area contributed by atoms with Gasteiger partial charge >= 0.3 is 0 Å². The zero-order chi connectivity index (χ0) is 20.2. The summed E-state index contributed by atoms with van der Waals surface area (Å²) in [6.07, 6.45) is 4.21. The van der Waals surface area contributed by atoms with Gasteiger partial charge in [-0.3, -0.25) is 9.69 Å². The monoisotopic (exact) mass is 408 g/mol. The molecule has 150 valence electrons. The zero-order valence-corrected chi connectivity index (χ0v) is 17.3. The first-order valence-corrected chi connectivity index (χ1v) is 10.4. The Morgan fingerprint density at radius 2 is 1.83 bits per heavy atom. The van der Waals surface area contributed by atoms with Crippen LogP contribution in [0.1, 0.15) is 40.0 Å². The molecular formula is C23H25ClN4O. The number of carbonyl (C=O) groups excluding carboxylic acids is 1. The Labute approximate surface area is 176 Å². The fourth-order valence-corrected chi connectivity index (χ4v) is 3.92. The van der Waals surface area contributed by atoms with Crippen LogP contribution in [0.2, 0.25) is 5.02 Å². The van der Waals surface area contributed by atoms with Crippen molar-refractivity contribution in [3.05, 3.63) is 82.1 Å². The molecule has 1 saturated heterocycles. The molecule has 0 radical (unpaired) electrons. The van der Waals surface area contributed by atoms with Crippen LogP contribution in [0.4, 0.5) is 0 Å². The van der Waals surface area contributed by atoms with Gasteiger partial charge in [0.15, 0.2) is 0 Å². The molecule has 29 heavy (non-hydrogen) atoms. The largest absolute Gasteiger partial charge is 0.348 e. The Balaban J connectivity index is 1.37. The van der Waals surface area contributed by atoms with Crippen molar-refractivity contribution >= 4 is 17.5 Å². The van der Waals surface area contributed by atoms with Crippen molar-refractivity contribution in [1.29, 1.82) is 0 Å². The van der Waals surface area contributed by atoms with E-state index in [1.165, 1.54) is 31.5 Å². The molecule has 0 spiro atoms. The molecule has 6 heteroatoms. The van der Waals surface area contributed by atoms with Gasteiger partial charge in [0, 0.05) is 18.1 Å². The molecule has 2 heterocycles. The number of hydrogen-bond donors (Lipinski definition) is 1. The number of benzene rings is 2. The van der Waals surface area contributed by atoms with Gasteiger partial charge < -0.3 is 5.32 Å². The number of halogens is 1. The smallest absolute Gasteiger partial charge is 0.255 e. The second kappa shape index (κ2) is 8.80. The van der Waals surface area contributed by atoms with Crippen molar-refractivity contribution in [3.63, 3.8) is 0 Å². The minimum absolute atomic E-state index is 0.128. The average Bonchev–Trinajstić information content (AvgIpc) is 3.37. The third-order valence-electron chi connectivity index (χ3n) is 5.39. The zero-order valence-electron chi connectivity index (χ0n) is 16.6. The van der Waals surface area contributed by atoms with E-state index in [1.54, 1.807) is 10.9 Å². The van der Waals surface area contributed by atoms with Gasteiger partial charge in [-0.05, 0) is 62.2 Å². The minimum atomic E-state index is -0.128. The predicted octanol–water partition coefficient (Wildman–Crippen LogP) is 4.36. The van der Waals surface area contributed by atoms with E-state index in [-0.39, 0.29) is 5.91 Å². The number of hydrogen-bond acceptors (Lipinski definition) is 3. The van der Waals surface area contributed by atoms with E-state index in [4.69, 9.17) is 11.6 Å². The second-order valence-electron chi connectivity index (χ2n) is 7.52. The lowest BCUT2D eigenvalue weighted by molar-refractivity contribution is 0.0950. The summed E-state index contributed by atoms with van der Waals surface area (Å²) >= 11 is 6.07. The van der Waals surface area contributed by atoms with E-state index >= 15 is 0 Å². The van der Waals surface area contributed by atoms with Crippen LogP contribution in [0, 0.1) is 6.92 Å². The summed E-state index contributed by atoms with van der Waals surface area (Å²) in [7, 11) is 0. The highest BCUT2D eigenvalue weighted by molar-refractivity contribution is 6.30. The van der Waals surface area contributed by atoms with Gasteiger partial charge in [-0.15, -0.1) is 0 Å². The van der Waals surface area contributed by atoms with Crippen molar-refractivity contribution < 1.29 is 4.79 Å². The van der Waals surface area contributed by atoms with E-state index in [9.17, 15) is 4.79 Å². The average molecular weight is 409 g/mol. The van der Waals surface area contributed by atoms with Crippen LogP contribution in [0.15, 0.2) is 54.7 Å². The lowest BCUT2D eigenvalue weighted by Gasteiger charge is -2.14. The van der Waals surface area contributed by atoms with Crippen molar-refractivity contribution in [3.8, 4) is 5.69 Å². The fourth-order valence-electron chi connectivity index (χ4n) is 3.74. The van der Waals surface area contributed by atoms with Crippen molar-refractivity contribution in [2.24, 2.45) is 0 Å². The topological polar surface area (TPSA) is 50.2 Å². The van der Waals surface area contributed by atoms with Crippen molar-refractivity contribution in [2.45, 2.75) is 32.9 Å². The van der Waals surface area contributed by atoms with Gasteiger partial charge in [-0.25, -0.2) is 4.68 Å². The van der Waals surface area contributed by atoms with Crippen LogP contribution >= 0.6 is 11.6 Å². The molecule has 0 bridgehead atoms. The summed E-state index contributed by atoms with van der Waals surface area (Å²) in [5.41, 5.74) is 4.59. The summed E-state index contributed by atoms with van der Waals surface area (Å²) in [6.45, 7) is 5.77. The highest BCUT2D eigenvalue weighted by Gasteiger charge is 2.15. The molecule has 1 fully saturated rings. The molecule has 3 aromatic rings. The third-order valence-corrected chi connectivity index (χ3v) is 5.62. The van der Waals surface area contributed by atoms with Gasteiger partial charge in [0.2, 0.25) is 0 Å². The van der Waals surface area contributed by atoms with Crippen molar-refractivity contribution in [2.75, 3.05) is 13.1 Å². The van der Waals surface area contributed by atoms with E-state index in [0.717, 1.165) is 23.5 Å². The highest BCUT2D eigenvalue weighted by atomic mass is 35.5. The molecule has 2 aromatic carbocycles. The molecule has 1 aliphatic rings. The molecular weight excluding hydrogens is 384 g/mol. The number of likely N-dealkylation sites (tertiary alicyclic amines) is 1. The van der Waals surface area contributed by atoms with Gasteiger partial charge in [0.1, 0.15) is 0 Å². The molecule has 1 aliphatic heterocycles.